The van der Waals surface area contributed by atoms with E-state index in [0.29, 0.717) is 24.6 Å². The lowest BCUT2D eigenvalue weighted by molar-refractivity contribution is -0.131. The minimum atomic E-state index is -1.32. The van der Waals surface area contributed by atoms with E-state index in [2.05, 4.69) is 0 Å². The van der Waals surface area contributed by atoms with E-state index in [0.717, 1.165) is 12.8 Å². The molecule has 0 bridgehead atoms. The Labute approximate surface area is 129 Å². The molecule has 22 heavy (non-hydrogen) atoms. The van der Waals surface area contributed by atoms with Gasteiger partial charge in [-0.15, -0.1) is 0 Å². The Morgan fingerprint density at radius 3 is 2.14 bits per heavy atom. The molecule has 0 unspecified atom stereocenters. The van der Waals surface area contributed by atoms with Crippen LogP contribution in [0.1, 0.15) is 23.2 Å². The number of amides is 1. The third-order valence-electron chi connectivity index (χ3n) is 3.69. The molecule has 6 nitrogen and oxygen atoms in total. The largest absolute Gasteiger partial charge is 0.497 e. The molecule has 1 aromatic rings. The highest BCUT2D eigenvalue weighted by molar-refractivity contribution is 6.12. The fraction of sp³-hybridized carbons (Fsp3) is 0.438. The monoisotopic (exact) mass is 302 g/mol. The van der Waals surface area contributed by atoms with Crippen LogP contribution in [-0.2, 0) is 4.79 Å². The molecule has 1 saturated heterocycles. The second-order valence-electron chi connectivity index (χ2n) is 5.06. The minimum Gasteiger partial charge on any atom is -0.497 e. The molecule has 1 atom stereocenters. The SMILES string of the molecule is COc1cc(OC)cc(C(=O)[C@H](C#N)C(=O)N2CCCC2)c1. The highest BCUT2D eigenvalue weighted by Crippen LogP contribution is 2.25. The molecule has 6 heteroatoms. The quantitative estimate of drug-likeness (QED) is 0.610. The van der Waals surface area contributed by atoms with Crippen LogP contribution in [0.25, 0.3) is 0 Å². The van der Waals surface area contributed by atoms with Gasteiger partial charge >= 0.3 is 0 Å². The number of carbonyl (C=O) groups is 2. The van der Waals surface area contributed by atoms with Crippen LogP contribution in [0.4, 0.5) is 0 Å². The van der Waals surface area contributed by atoms with E-state index in [1.165, 1.54) is 26.4 Å². The first-order valence-corrected chi connectivity index (χ1v) is 7.06. The first kappa shape index (κ1) is 15.8. The van der Waals surface area contributed by atoms with Gasteiger partial charge < -0.3 is 14.4 Å². The zero-order valence-corrected chi connectivity index (χ0v) is 12.7. The molecule has 1 fully saturated rings. The second-order valence-corrected chi connectivity index (χ2v) is 5.06. The van der Waals surface area contributed by atoms with Crippen molar-refractivity contribution >= 4 is 11.7 Å². The Bertz CT molecular complexity index is 593. The Hall–Kier alpha value is -2.55. The van der Waals surface area contributed by atoms with Crippen LogP contribution in [-0.4, -0.2) is 43.9 Å². The molecule has 0 saturated carbocycles. The predicted octanol–water partition coefficient (Wildman–Crippen LogP) is 1.65. The summed E-state index contributed by atoms with van der Waals surface area (Å²) in [7, 11) is 2.94. The van der Waals surface area contributed by atoms with Gasteiger partial charge in [-0.3, -0.25) is 9.59 Å². The number of nitrogens with zero attached hydrogens (tertiary/aromatic N) is 2. The van der Waals surface area contributed by atoms with Crippen molar-refractivity contribution in [3.8, 4) is 17.6 Å². The number of Topliss-reactive ketones (excluding diaryl/α,β-unsaturated/α-hetero) is 1. The van der Waals surface area contributed by atoms with Crippen molar-refractivity contribution in [3.63, 3.8) is 0 Å². The van der Waals surface area contributed by atoms with E-state index in [1.807, 2.05) is 6.07 Å². The number of ether oxygens (including phenoxy) is 2. The molecular formula is C16H18N2O4. The van der Waals surface area contributed by atoms with Crippen LogP contribution >= 0.6 is 0 Å². The molecule has 0 N–H and O–H groups in total. The highest BCUT2D eigenvalue weighted by Gasteiger charge is 2.33. The lowest BCUT2D eigenvalue weighted by Crippen LogP contribution is -2.37. The van der Waals surface area contributed by atoms with Crippen LogP contribution in [0.5, 0.6) is 11.5 Å². The van der Waals surface area contributed by atoms with Crippen molar-refractivity contribution in [3.05, 3.63) is 23.8 Å². The predicted molar refractivity (Wildman–Crippen MR) is 78.8 cm³/mol. The van der Waals surface area contributed by atoms with Gasteiger partial charge in [0.25, 0.3) is 0 Å². The number of hydrogen-bond donors (Lipinski definition) is 0. The number of hydrogen-bond acceptors (Lipinski definition) is 5. The Kier molecular flexibility index (Phi) is 4.99. The number of nitriles is 1. The van der Waals surface area contributed by atoms with Crippen LogP contribution in [0.2, 0.25) is 0 Å². The van der Waals surface area contributed by atoms with Gasteiger partial charge in [-0.05, 0) is 25.0 Å². The number of likely N-dealkylation sites (tertiary alicyclic amines) is 1. The van der Waals surface area contributed by atoms with Gasteiger partial charge in [0.1, 0.15) is 11.5 Å². The Balaban J connectivity index is 2.28. The summed E-state index contributed by atoms with van der Waals surface area (Å²) in [5.41, 5.74) is 0.232. The number of methoxy groups -OCH3 is 2. The van der Waals surface area contributed by atoms with E-state index in [-0.39, 0.29) is 5.56 Å². The lowest BCUT2D eigenvalue weighted by atomic mass is 9.97. The third kappa shape index (κ3) is 3.19. The summed E-state index contributed by atoms with van der Waals surface area (Å²) < 4.78 is 10.2. The first-order valence-electron chi connectivity index (χ1n) is 7.06. The molecule has 1 amide bonds. The summed E-state index contributed by atoms with van der Waals surface area (Å²) in [5.74, 6) is -1.40. The Morgan fingerprint density at radius 1 is 1.14 bits per heavy atom. The van der Waals surface area contributed by atoms with Crippen LogP contribution < -0.4 is 9.47 Å². The summed E-state index contributed by atoms with van der Waals surface area (Å²) in [6, 6.07) is 6.47. The number of rotatable bonds is 5. The highest BCUT2D eigenvalue weighted by atomic mass is 16.5. The van der Waals surface area contributed by atoms with Gasteiger partial charge in [-0.25, -0.2) is 0 Å². The smallest absolute Gasteiger partial charge is 0.247 e. The molecule has 1 aliphatic heterocycles. The van der Waals surface area contributed by atoms with Crippen LogP contribution in [0.15, 0.2) is 18.2 Å². The summed E-state index contributed by atoms with van der Waals surface area (Å²) >= 11 is 0. The number of carbonyl (C=O) groups excluding carboxylic acids is 2. The number of ketones is 1. The molecule has 1 aliphatic rings. The average Bonchev–Trinajstić information content (AvgIpc) is 3.09. The maximum absolute atomic E-state index is 12.5. The van der Waals surface area contributed by atoms with Gasteiger partial charge in [0.15, 0.2) is 11.7 Å². The van der Waals surface area contributed by atoms with E-state index in [4.69, 9.17) is 9.47 Å². The van der Waals surface area contributed by atoms with E-state index >= 15 is 0 Å². The fourth-order valence-electron chi connectivity index (χ4n) is 2.46. The Morgan fingerprint density at radius 2 is 1.68 bits per heavy atom. The number of benzene rings is 1. The standard InChI is InChI=1S/C16H18N2O4/c1-21-12-7-11(8-13(9-12)22-2)15(19)14(10-17)16(20)18-5-3-4-6-18/h7-9,14H,3-6H2,1-2H3/t14-/m0/s1. The van der Waals surface area contributed by atoms with Crippen molar-refractivity contribution in [2.75, 3.05) is 27.3 Å². The average molecular weight is 302 g/mol. The van der Waals surface area contributed by atoms with Crippen molar-refractivity contribution < 1.29 is 19.1 Å². The van der Waals surface area contributed by atoms with Gasteiger partial charge in [-0.1, -0.05) is 0 Å². The summed E-state index contributed by atoms with van der Waals surface area (Å²) in [5, 5.41) is 9.26. The summed E-state index contributed by atoms with van der Waals surface area (Å²) in [4.78, 5) is 26.4. The topological polar surface area (TPSA) is 79.6 Å². The molecular weight excluding hydrogens is 284 g/mol. The van der Waals surface area contributed by atoms with Gasteiger partial charge in [0, 0.05) is 24.7 Å². The molecule has 2 rings (SSSR count). The third-order valence-corrected chi connectivity index (χ3v) is 3.69. The van der Waals surface area contributed by atoms with Crippen molar-refractivity contribution in [1.82, 2.24) is 4.90 Å². The lowest BCUT2D eigenvalue weighted by Gasteiger charge is -2.18. The molecule has 0 aromatic heterocycles. The second kappa shape index (κ2) is 6.94. The zero-order chi connectivity index (χ0) is 16.1. The molecule has 1 heterocycles. The minimum absolute atomic E-state index is 0.232. The molecule has 0 radical (unpaired) electrons. The van der Waals surface area contributed by atoms with Crippen LogP contribution in [0.3, 0.4) is 0 Å². The van der Waals surface area contributed by atoms with E-state index < -0.39 is 17.6 Å². The first-order chi connectivity index (χ1) is 10.6. The van der Waals surface area contributed by atoms with Gasteiger partial charge in [0.05, 0.1) is 20.3 Å². The fourth-order valence-corrected chi connectivity index (χ4v) is 2.46. The van der Waals surface area contributed by atoms with E-state index in [1.54, 1.807) is 11.0 Å². The summed E-state index contributed by atoms with van der Waals surface area (Å²) in [6.07, 6.45) is 1.82. The molecule has 1 aromatic carbocycles. The maximum Gasteiger partial charge on any atom is 0.247 e. The molecule has 116 valence electrons. The molecule has 0 aliphatic carbocycles. The van der Waals surface area contributed by atoms with E-state index in [9.17, 15) is 14.9 Å². The van der Waals surface area contributed by atoms with Gasteiger partial charge in [0.2, 0.25) is 5.91 Å². The normalized spacial score (nSPS) is 15.0. The summed E-state index contributed by atoms with van der Waals surface area (Å²) in [6.45, 7) is 1.21. The van der Waals surface area contributed by atoms with Gasteiger partial charge in [-0.2, -0.15) is 5.26 Å². The van der Waals surface area contributed by atoms with Crippen LogP contribution in [0, 0.1) is 17.2 Å². The van der Waals surface area contributed by atoms with Crippen molar-refractivity contribution in [2.45, 2.75) is 12.8 Å². The van der Waals surface area contributed by atoms with Crippen molar-refractivity contribution in [2.24, 2.45) is 5.92 Å². The van der Waals surface area contributed by atoms with Crippen molar-refractivity contribution in [1.29, 1.82) is 5.26 Å². The maximum atomic E-state index is 12.5. The zero-order valence-electron chi connectivity index (χ0n) is 12.7. The molecule has 0 spiro atoms.